The maximum Gasteiger partial charge on any atom is 0.243 e. The minimum absolute atomic E-state index is 0.00432. The van der Waals surface area contributed by atoms with Crippen molar-refractivity contribution < 1.29 is 17.9 Å². The maximum absolute atomic E-state index is 12.6. The normalized spacial score (nSPS) is 23.3. The second-order valence-electron chi connectivity index (χ2n) is 6.63. The number of piperidine rings is 1. The number of morpholine rings is 1. The predicted molar refractivity (Wildman–Crippen MR) is 94.9 cm³/mol. The Kier molecular flexibility index (Phi) is 5.73. The van der Waals surface area contributed by atoms with Crippen molar-refractivity contribution in [2.24, 2.45) is 5.92 Å². The van der Waals surface area contributed by atoms with Crippen molar-refractivity contribution in [3.05, 3.63) is 24.3 Å². The predicted octanol–water partition coefficient (Wildman–Crippen LogP) is 0.988. The molecule has 7 nitrogen and oxygen atoms in total. The van der Waals surface area contributed by atoms with E-state index in [1.165, 1.54) is 4.31 Å². The second-order valence-corrected chi connectivity index (χ2v) is 8.57. The van der Waals surface area contributed by atoms with Crippen LogP contribution in [0.1, 0.15) is 12.8 Å². The summed E-state index contributed by atoms with van der Waals surface area (Å²) in [5.41, 5.74) is 0.624. The van der Waals surface area contributed by atoms with Crippen LogP contribution in [0.3, 0.4) is 0 Å². The lowest BCUT2D eigenvalue weighted by molar-refractivity contribution is -0.121. The van der Waals surface area contributed by atoms with E-state index in [9.17, 15) is 13.2 Å². The summed E-state index contributed by atoms with van der Waals surface area (Å²) in [5.74, 6) is -0.0224. The largest absolute Gasteiger partial charge is 0.379 e. The van der Waals surface area contributed by atoms with Gasteiger partial charge in [0.2, 0.25) is 15.9 Å². The molecule has 3 rings (SSSR count). The molecule has 1 aromatic carbocycles. The molecule has 2 aliphatic heterocycles. The summed E-state index contributed by atoms with van der Waals surface area (Å²) >= 11 is 0. The van der Waals surface area contributed by atoms with Crippen molar-refractivity contribution >= 4 is 21.6 Å². The van der Waals surface area contributed by atoms with Crippen molar-refractivity contribution in [2.75, 3.05) is 51.8 Å². The number of likely N-dealkylation sites (tertiary alicyclic amines) is 1. The minimum Gasteiger partial charge on any atom is -0.379 e. The molecule has 2 saturated heterocycles. The van der Waals surface area contributed by atoms with Gasteiger partial charge in [-0.25, -0.2) is 8.42 Å². The van der Waals surface area contributed by atoms with Gasteiger partial charge in [0.1, 0.15) is 0 Å². The number of carbonyl (C=O) groups excluding carboxylic acids is 1. The SMILES string of the molecule is CN1CCC[C@H](C(=O)Nc2ccc(S(=O)(=O)N3CCOCC3)cc2)C1. The van der Waals surface area contributed by atoms with E-state index in [2.05, 4.69) is 10.2 Å². The average Bonchev–Trinajstić information content (AvgIpc) is 2.63. The Morgan fingerprint density at radius 1 is 1.16 bits per heavy atom. The van der Waals surface area contributed by atoms with Gasteiger partial charge in [0, 0.05) is 25.3 Å². The molecule has 0 bridgehead atoms. The highest BCUT2D eigenvalue weighted by molar-refractivity contribution is 7.89. The lowest BCUT2D eigenvalue weighted by atomic mass is 9.97. The summed E-state index contributed by atoms with van der Waals surface area (Å²) in [5, 5.41) is 2.90. The summed E-state index contributed by atoms with van der Waals surface area (Å²) in [4.78, 5) is 14.8. The molecule has 1 aromatic rings. The van der Waals surface area contributed by atoms with E-state index in [1.54, 1.807) is 24.3 Å². The molecule has 138 valence electrons. The molecule has 0 unspecified atom stereocenters. The van der Waals surface area contributed by atoms with Crippen LogP contribution in [0.4, 0.5) is 5.69 Å². The van der Waals surface area contributed by atoms with Gasteiger partial charge >= 0.3 is 0 Å². The molecule has 2 aliphatic rings. The molecule has 8 heteroatoms. The van der Waals surface area contributed by atoms with Gasteiger partial charge in [-0.05, 0) is 50.7 Å². The molecular weight excluding hydrogens is 342 g/mol. The molecule has 0 spiro atoms. The van der Waals surface area contributed by atoms with E-state index in [-0.39, 0.29) is 16.7 Å². The van der Waals surface area contributed by atoms with E-state index in [0.29, 0.717) is 32.0 Å². The number of anilines is 1. The van der Waals surface area contributed by atoms with Crippen LogP contribution >= 0.6 is 0 Å². The lowest BCUT2D eigenvalue weighted by Gasteiger charge is -2.28. The highest BCUT2D eigenvalue weighted by Crippen LogP contribution is 2.21. The first kappa shape index (κ1) is 18.3. The zero-order valence-corrected chi connectivity index (χ0v) is 15.3. The maximum atomic E-state index is 12.6. The fourth-order valence-corrected chi connectivity index (χ4v) is 4.68. The number of ether oxygens (including phenoxy) is 1. The number of rotatable bonds is 4. The lowest BCUT2D eigenvalue weighted by Crippen LogP contribution is -2.40. The number of carbonyl (C=O) groups is 1. The van der Waals surface area contributed by atoms with Crippen molar-refractivity contribution in [1.29, 1.82) is 0 Å². The van der Waals surface area contributed by atoms with E-state index in [4.69, 9.17) is 4.74 Å². The van der Waals surface area contributed by atoms with Gasteiger partial charge in [-0.3, -0.25) is 4.79 Å². The van der Waals surface area contributed by atoms with Crippen LogP contribution in [-0.2, 0) is 19.6 Å². The van der Waals surface area contributed by atoms with Crippen LogP contribution in [0.2, 0.25) is 0 Å². The van der Waals surface area contributed by atoms with Gasteiger partial charge in [0.25, 0.3) is 0 Å². The number of nitrogens with zero attached hydrogens (tertiary/aromatic N) is 2. The van der Waals surface area contributed by atoms with Crippen LogP contribution in [0.5, 0.6) is 0 Å². The molecule has 0 aliphatic carbocycles. The van der Waals surface area contributed by atoms with Crippen LogP contribution in [0, 0.1) is 5.92 Å². The Bertz CT molecular complexity index is 699. The number of hydrogen-bond donors (Lipinski definition) is 1. The van der Waals surface area contributed by atoms with Crippen LogP contribution < -0.4 is 5.32 Å². The van der Waals surface area contributed by atoms with E-state index < -0.39 is 10.0 Å². The molecule has 1 N–H and O–H groups in total. The average molecular weight is 367 g/mol. The van der Waals surface area contributed by atoms with Crippen LogP contribution in [0.15, 0.2) is 29.2 Å². The van der Waals surface area contributed by atoms with Crippen molar-refractivity contribution in [1.82, 2.24) is 9.21 Å². The third kappa shape index (κ3) is 4.38. The quantitative estimate of drug-likeness (QED) is 0.859. The zero-order chi connectivity index (χ0) is 17.9. The molecule has 0 aromatic heterocycles. The van der Waals surface area contributed by atoms with Crippen LogP contribution in [0.25, 0.3) is 0 Å². The van der Waals surface area contributed by atoms with Gasteiger partial charge < -0.3 is 15.0 Å². The Balaban J connectivity index is 1.64. The number of hydrogen-bond acceptors (Lipinski definition) is 5. The van der Waals surface area contributed by atoms with Gasteiger partial charge in [-0.15, -0.1) is 0 Å². The third-order valence-electron chi connectivity index (χ3n) is 4.72. The fraction of sp³-hybridized carbons (Fsp3) is 0.588. The number of amides is 1. The van der Waals surface area contributed by atoms with Crippen LogP contribution in [-0.4, -0.2) is 70.0 Å². The molecular formula is C17H25N3O4S. The first-order valence-corrected chi connectivity index (χ1v) is 10.1. The van der Waals surface area contributed by atoms with E-state index in [1.807, 2.05) is 7.05 Å². The molecule has 0 saturated carbocycles. The molecule has 2 heterocycles. The standard InChI is InChI=1S/C17H25N3O4S/c1-19-8-2-3-14(13-19)17(21)18-15-4-6-16(7-5-15)25(22,23)20-9-11-24-12-10-20/h4-7,14H,2-3,8-13H2,1H3,(H,18,21)/t14-/m0/s1. The number of sulfonamides is 1. The van der Waals surface area contributed by atoms with Gasteiger partial charge in [0.05, 0.1) is 24.0 Å². The number of benzene rings is 1. The zero-order valence-electron chi connectivity index (χ0n) is 14.5. The highest BCUT2D eigenvalue weighted by Gasteiger charge is 2.27. The third-order valence-corrected chi connectivity index (χ3v) is 6.64. The second kappa shape index (κ2) is 7.82. The summed E-state index contributed by atoms with van der Waals surface area (Å²) in [7, 11) is -1.48. The monoisotopic (exact) mass is 367 g/mol. The topological polar surface area (TPSA) is 79.0 Å². The molecule has 0 radical (unpaired) electrons. The molecule has 2 fully saturated rings. The first-order valence-electron chi connectivity index (χ1n) is 8.64. The first-order chi connectivity index (χ1) is 12.0. The van der Waals surface area contributed by atoms with Gasteiger partial charge in [-0.1, -0.05) is 0 Å². The number of nitrogens with one attached hydrogen (secondary N) is 1. The summed E-state index contributed by atoms with van der Waals surface area (Å²) in [6.45, 7) is 3.37. The molecule has 25 heavy (non-hydrogen) atoms. The molecule has 1 atom stereocenters. The van der Waals surface area contributed by atoms with E-state index >= 15 is 0 Å². The van der Waals surface area contributed by atoms with Crippen molar-refractivity contribution in [3.8, 4) is 0 Å². The summed E-state index contributed by atoms with van der Waals surface area (Å²) in [6, 6.07) is 6.40. The van der Waals surface area contributed by atoms with E-state index in [0.717, 1.165) is 25.9 Å². The van der Waals surface area contributed by atoms with Gasteiger partial charge in [0.15, 0.2) is 0 Å². The minimum atomic E-state index is -3.50. The smallest absolute Gasteiger partial charge is 0.243 e. The highest BCUT2D eigenvalue weighted by atomic mass is 32.2. The fourth-order valence-electron chi connectivity index (χ4n) is 3.27. The Morgan fingerprint density at radius 3 is 2.48 bits per heavy atom. The summed E-state index contributed by atoms with van der Waals surface area (Å²) < 4.78 is 31.8. The Morgan fingerprint density at radius 2 is 1.84 bits per heavy atom. The van der Waals surface area contributed by atoms with Gasteiger partial charge in [-0.2, -0.15) is 4.31 Å². The van der Waals surface area contributed by atoms with Crippen molar-refractivity contribution in [2.45, 2.75) is 17.7 Å². The molecule has 1 amide bonds. The Labute approximate surface area is 149 Å². The Hall–Kier alpha value is -1.48. The van der Waals surface area contributed by atoms with Crippen molar-refractivity contribution in [3.63, 3.8) is 0 Å². The summed E-state index contributed by atoms with van der Waals surface area (Å²) in [6.07, 6.45) is 1.91.